The van der Waals surface area contributed by atoms with Gasteiger partial charge in [0.2, 0.25) is 0 Å². The first-order valence-corrected chi connectivity index (χ1v) is 10.6. The first-order chi connectivity index (χ1) is 15.2. The molecule has 1 aliphatic heterocycles. The second-order valence-corrected chi connectivity index (χ2v) is 7.80. The van der Waals surface area contributed by atoms with Gasteiger partial charge in [-0.05, 0) is 49.1 Å². The lowest BCUT2D eigenvalue weighted by molar-refractivity contribution is 0.107. The number of hydrogen-bond acceptors (Lipinski definition) is 6. The molecule has 1 fully saturated rings. The van der Waals surface area contributed by atoms with E-state index in [4.69, 9.17) is 4.74 Å². The van der Waals surface area contributed by atoms with Crippen LogP contribution in [0.3, 0.4) is 0 Å². The first kappa shape index (κ1) is 20.9. The number of piperazine rings is 1. The summed E-state index contributed by atoms with van der Waals surface area (Å²) in [6.45, 7) is 5.64. The molecule has 1 saturated heterocycles. The molecule has 7 nitrogen and oxygen atoms in total. The summed E-state index contributed by atoms with van der Waals surface area (Å²) in [5.41, 5.74) is 4.39. The maximum absolute atomic E-state index is 12.5. The Morgan fingerprint density at radius 2 is 1.71 bits per heavy atom. The van der Waals surface area contributed by atoms with Crippen molar-refractivity contribution >= 4 is 6.09 Å². The van der Waals surface area contributed by atoms with Crippen molar-refractivity contribution in [2.45, 2.75) is 26.3 Å². The number of hydrogen-bond donors (Lipinski definition) is 0. The van der Waals surface area contributed by atoms with Gasteiger partial charge in [0.1, 0.15) is 5.75 Å². The summed E-state index contributed by atoms with van der Waals surface area (Å²) in [4.78, 5) is 29.4. The zero-order valence-corrected chi connectivity index (χ0v) is 17.8. The fourth-order valence-electron chi connectivity index (χ4n) is 3.54. The van der Waals surface area contributed by atoms with Crippen LogP contribution in [-0.2, 0) is 19.4 Å². The summed E-state index contributed by atoms with van der Waals surface area (Å²) in [6.07, 6.45) is 8.54. The Kier molecular flexibility index (Phi) is 6.84. The quantitative estimate of drug-likeness (QED) is 0.613. The van der Waals surface area contributed by atoms with Crippen molar-refractivity contribution in [3.63, 3.8) is 0 Å². The van der Waals surface area contributed by atoms with Crippen molar-refractivity contribution in [2.75, 3.05) is 26.2 Å². The predicted molar refractivity (Wildman–Crippen MR) is 118 cm³/mol. The van der Waals surface area contributed by atoms with Crippen molar-refractivity contribution in [1.29, 1.82) is 0 Å². The molecule has 4 rings (SSSR count). The van der Waals surface area contributed by atoms with Crippen LogP contribution in [0, 0.1) is 6.92 Å². The molecule has 0 N–H and O–H groups in total. The van der Waals surface area contributed by atoms with Gasteiger partial charge in [-0.25, -0.2) is 4.79 Å². The molecule has 0 unspecified atom stereocenters. The Balaban J connectivity index is 1.22. The van der Waals surface area contributed by atoms with Crippen LogP contribution in [0.15, 0.2) is 61.2 Å². The van der Waals surface area contributed by atoms with Crippen LogP contribution in [0.4, 0.5) is 4.79 Å². The van der Waals surface area contributed by atoms with E-state index in [0.29, 0.717) is 18.8 Å². The van der Waals surface area contributed by atoms with Gasteiger partial charge in [0, 0.05) is 63.2 Å². The zero-order valence-electron chi connectivity index (χ0n) is 17.8. The van der Waals surface area contributed by atoms with Crippen molar-refractivity contribution in [1.82, 2.24) is 24.8 Å². The molecule has 0 radical (unpaired) electrons. The van der Waals surface area contributed by atoms with Gasteiger partial charge < -0.3 is 9.64 Å². The topological polar surface area (TPSA) is 71.5 Å². The number of carbonyl (C=O) groups excluding carboxylic acids is 1. The van der Waals surface area contributed by atoms with Crippen LogP contribution in [0.5, 0.6) is 5.75 Å². The van der Waals surface area contributed by atoms with Gasteiger partial charge >= 0.3 is 6.09 Å². The molecule has 0 bridgehead atoms. The summed E-state index contributed by atoms with van der Waals surface area (Å²) in [5.74, 6) is 0.573. The number of amides is 1. The van der Waals surface area contributed by atoms with Crippen LogP contribution in [0.1, 0.15) is 22.5 Å². The van der Waals surface area contributed by atoms with E-state index in [0.717, 1.165) is 43.9 Å². The van der Waals surface area contributed by atoms with Gasteiger partial charge in [0.25, 0.3) is 0 Å². The van der Waals surface area contributed by atoms with Crippen molar-refractivity contribution in [3.05, 3.63) is 83.7 Å². The minimum atomic E-state index is -0.296. The SMILES string of the molecule is Cc1ccc(CCc2ccc(OC(=O)N3CCN(Cc4cnccn4)CC3)cc2)nc1. The van der Waals surface area contributed by atoms with E-state index in [2.05, 4.69) is 32.0 Å². The third-order valence-corrected chi connectivity index (χ3v) is 5.40. The smallest absolute Gasteiger partial charge is 0.410 e. The number of pyridine rings is 1. The number of aromatic nitrogens is 3. The van der Waals surface area contributed by atoms with Gasteiger partial charge in [-0.2, -0.15) is 0 Å². The van der Waals surface area contributed by atoms with Gasteiger partial charge in [0.15, 0.2) is 0 Å². The minimum absolute atomic E-state index is 0.296. The van der Waals surface area contributed by atoms with E-state index in [1.807, 2.05) is 37.4 Å². The van der Waals surface area contributed by atoms with Gasteiger partial charge in [-0.1, -0.05) is 18.2 Å². The van der Waals surface area contributed by atoms with E-state index >= 15 is 0 Å². The fraction of sp³-hybridized carbons (Fsp3) is 0.333. The number of aryl methyl sites for hydroxylation is 3. The second-order valence-electron chi connectivity index (χ2n) is 7.80. The zero-order chi connectivity index (χ0) is 21.5. The van der Waals surface area contributed by atoms with Gasteiger partial charge in [-0.15, -0.1) is 0 Å². The molecule has 1 aliphatic rings. The Hall–Kier alpha value is -3.32. The number of nitrogens with zero attached hydrogens (tertiary/aromatic N) is 5. The predicted octanol–water partition coefficient (Wildman–Crippen LogP) is 3.28. The highest BCUT2D eigenvalue weighted by molar-refractivity contribution is 5.70. The van der Waals surface area contributed by atoms with E-state index < -0.39 is 0 Å². The van der Waals surface area contributed by atoms with Gasteiger partial charge in [-0.3, -0.25) is 19.9 Å². The molecule has 0 spiro atoms. The normalized spacial score (nSPS) is 14.4. The lowest BCUT2D eigenvalue weighted by Gasteiger charge is -2.33. The van der Waals surface area contributed by atoms with Crippen LogP contribution >= 0.6 is 0 Å². The molecular formula is C24H27N5O2. The Morgan fingerprint density at radius 3 is 2.39 bits per heavy atom. The molecule has 0 aliphatic carbocycles. The molecule has 3 heterocycles. The molecule has 1 aromatic carbocycles. The Bertz CT molecular complexity index is 969. The largest absolute Gasteiger partial charge is 0.415 e. The van der Waals surface area contributed by atoms with Crippen molar-refractivity contribution in [2.24, 2.45) is 0 Å². The maximum atomic E-state index is 12.5. The van der Waals surface area contributed by atoms with E-state index in [1.54, 1.807) is 23.5 Å². The van der Waals surface area contributed by atoms with Crippen LogP contribution in [0.2, 0.25) is 0 Å². The standard InChI is InChI=1S/C24H27N5O2/c1-19-2-6-21(27-16-19)7-3-20-4-8-23(9-5-20)31-24(30)29-14-12-28(13-15-29)18-22-17-25-10-11-26-22/h2,4-6,8-11,16-17H,3,7,12-15,18H2,1H3. The average molecular weight is 418 g/mol. The minimum Gasteiger partial charge on any atom is -0.410 e. The molecule has 2 aromatic heterocycles. The molecule has 0 atom stereocenters. The Morgan fingerprint density at radius 1 is 0.903 bits per heavy atom. The highest BCUT2D eigenvalue weighted by Crippen LogP contribution is 2.16. The highest BCUT2D eigenvalue weighted by Gasteiger charge is 2.22. The molecule has 7 heteroatoms. The summed E-state index contributed by atoms with van der Waals surface area (Å²) in [6, 6.07) is 11.9. The van der Waals surface area contributed by atoms with E-state index in [9.17, 15) is 4.79 Å². The monoisotopic (exact) mass is 417 g/mol. The summed E-state index contributed by atoms with van der Waals surface area (Å²) in [7, 11) is 0. The van der Waals surface area contributed by atoms with Crippen LogP contribution in [0.25, 0.3) is 0 Å². The molecule has 0 saturated carbocycles. The summed E-state index contributed by atoms with van der Waals surface area (Å²) < 4.78 is 5.57. The molecule has 160 valence electrons. The van der Waals surface area contributed by atoms with E-state index in [1.165, 1.54) is 11.1 Å². The third-order valence-electron chi connectivity index (χ3n) is 5.40. The molecule has 31 heavy (non-hydrogen) atoms. The number of ether oxygens (including phenoxy) is 1. The van der Waals surface area contributed by atoms with E-state index in [-0.39, 0.29) is 6.09 Å². The lowest BCUT2D eigenvalue weighted by atomic mass is 10.1. The molecule has 3 aromatic rings. The number of benzene rings is 1. The Labute approximate surface area is 182 Å². The highest BCUT2D eigenvalue weighted by atomic mass is 16.6. The van der Waals surface area contributed by atoms with Gasteiger partial charge in [0.05, 0.1) is 5.69 Å². The van der Waals surface area contributed by atoms with Crippen molar-refractivity contribution < 1.29 is 9.53 Å². The van der Waals surface area contributed by atoms with Crippen LogP contribution in [-0.4, -0.2) is 57.0 Å². The lowest BCUT2D eigenvalue weighted by Crippen LogP contribution is -2.49. The second kappa shape index (κ2) is 10.1. The summed E-state index contributed by atoms with van der Waals surface area (Å²) >= 11 is 0. The number of rotatable bonds is 6. The molecular weight excluding hydrogens is 390 g/mol. The average Bonchev–Trinajstić information content (AvgIpc) is 2.81. The number of carbonyl (C=O) groups is 1. The fourth-order valence-corrected chi connectivity index (χ4v) is 3.54. The van der Waals surface area contributed by atoms with Crippen molar-refractivity contribution in [3.8, 4) is 5.75 Å². The summed E-state index contributed by atoms with van der Waals surface area (Å²) in [5, 5.41) is 0. The molecule has 1 amide bonds. The third kappa shape index (κ3) is 6.08. The van der Waals surface area contributed by atoms with Crippen LogP contribution < -0.4 is 4.74 Å². The first-order valence-electron chi connectivity index (χ1n) is 10.6. The maximum Gasteiger partial charge on any atom is 0.415 e.